The van der Waals surface area contributed by atoms with Crippen LogP contribution in [0.4, 0.5) is 13.2 Å². The molecule has 0 bridgehead atoms. The van der Waals surface area contributed by atoms with Crippen LogP contribution in [0.3, 0.4) is 0 Å². The first kappa shape index (κ1) is 15.5. The second-order valence-electron chi connectivity index (χ2n) is 5.16. The lowest BCUT2D eigenvalue weighted by Crippen LogP contribution is -2.24. The van der Waals surface area contributed by atoms with Crippen LogP contribution >= 0.6 is 0 Å². The summed E-state index contributed by atoms with van der Waals surface area (Å²) >= 11 is 0. The fourth-order valence-corrected chi connectivity index (χ4v) is 2.47. The van der Waals surface area contributed by atoms with Crippen LogP contribution in [0, 0.1) is 5.92 Å². The molecule has 1 N–H and O–H groups in total. The van der Waals surface area contributed by atoms with Crippen molar-refractivity contribution in [3.05, 3.63) is 40.8 Å². The van der Waals surface area contributed by atoms with E-state index in [9.17, 15) is 18.0 Å². The van der Waals surface area contributed by atoms with Gasteiger partial charge in [-0.15, -0.1) is 0 Å². The zero-order chi connectivity index (χ0) is 15.3. The SMILES string of the molecule is FC(F)(F)C1CCCCC1.O=c1[nH]ncc2ccccc12. The van der Waals surface area contributed by atoms with Crippen molar-refractivity contribution in [2.75, 3.05) is 0 Å². The van der Waals surface area contributed by atoms with Crippen LogP contribution in [0.25, 0.3) is 10.8 Å². The molecule has 1 aliphatic rings. The van der Waals surface area contributed by atoms with Gasteiger partial charge in [0.1, 0.15) is 0 Å². The molecule has 6 heteroatoms. The Hall–Kier alpha value is -1.85. The van der Waals surface area contributed by atoms with Crippen molar-refractivity contribution in [3.63, 3.8) is 0 Å². The molecule has 1 aromatic carbocycles. The molecule has 0 radical (unpaired) electrons. The fourth-order valence-electron chi connectivity index (χ4n) is 2.47. The molecule has 21 heavy (non-hydrogen) atoms. The van der Waals surface area contributed by atoms with E-state index in [0.29, 0.717) is 18.2 Å². The van der Waals surface area contributed by atoms with Crippen molar-refractivity contribution in [2.45, 2.75) is 38.3 Å². The van der Waals surface area contributed by atoms with E-state index < -0.39 is 12.1 Å². The zero-order valence-electron chi connectivity index (χ0n) is 11.5. The topological polar surface area (TPSA) is 45.8 Å². The van der Waals surface area contributed by atoms with Crippen LogP contribution < -0.4 is 5.56 Å². The molecule has 1 aromatic heterocycles. The average Bonchev–Trinajstić information content (AvgIpc) is 2.49. The van der Waals surface area contributed by atoms with Gasteiger partial charge in [0.05, 0.1) is 12.1 Å². The normalized spacial score (nSPS) is 16.3. The lowest BCUT2D eigenvalue weighted by Gasteiger charge is -2.23. The number of fused-ring (bicyclic) bond motifs is 1. The van der Waals surface area contributed by atoms with Crippen molar-refractivity contribution in [3.8, 4) is 0 Å². The maximum Gasteiger partial charge on any atom is 0.391 e. The Morgan fingerprint density at radius 1 is 1.10 bits per heavy atom. The third-order valence-electron chi connectivity index (χ3n) is 3.64. The molecule has 3 rings (SSSR count). The lowest BCUT2D eigenvalue weighted by atomic mass is 9.89. The van der Waals surface area contributed by atoms with Crippen molar-refractivity contribution in [1.82, 2.24) is 10.2 Å². The van der Waals surface area contributed by atoms with Crippen LogP contribution in [0.1, 0.15) is 32.1 Å². The molecule has 2 aromatic rings. The molecule has 0 unspecified atom stereocenters. The van der Waals surface area contributed by atoms with Gasteiger partial charge >= 0.3 is 6.18 Å². The highest BCUT2D eigenvalue weighted by atomic mass is 19.4. The third-order valence-corrected chi connectivity index (χ3v) is 3.64. The first-order valence-corrected chi connectivity index (χ1v) is 6.97. The standard InChI is InChI=1S/C8H6N2O.C7H11F3/c11-8-7-4-2-1-3-6(7)5-9-10-8;8-7(9,10)6-4-2-1-3-5-6/h1-5H,(H,10,11);6H,1-5H2. The number of rotatable bonds is 0. The maximum atomic E-state index is 11.9. The summed E-state index contributed by atoms with van der Waals surface area (Å²) in [4.78, 5) is 11.1. The summed E-state index contributed by atoms with van der Waals surface area (Å²) < 4.78 is 35.8. The fraction of sp³-hybridized carbons (Fsp3) is 0.467. The number of halogens is 3. The molecule has 0 amide bonds. The van der Waals surface area contributed by atoms with Gasteiger partial charge in [0.25, 0.3) is 5.56 Å². The minimum Gasteiger partial charge on any atom is -0.267 e. The molecular formula is C15H17F3N2O. The van der Waals surface area contributed by atoms with Crippen LogP contribution in [-0.2, 0) is 0 Å². The van der Waals surface area contributed by atoms with Gasteiger partial charge in [-0.25, -0.2) is 5.10 Å². The molecule has 0 spiro atoms. The van der Waals surface area contributed by atoms with E-state index in [2.05, 4.69) is 10.2 Å². The minimum absolute atomic E-state index is 0.136. The Bertz CT molecular complexity index is 625. The molecule has 1 aliphatic carbocycles. The lowest BCUT2D eigenvalue weighted by molar-refractivity contribution is -0.181. The summed E-state index contributed by atoms with van der Waals surface area (Å²) in [5, 5.41) is 7.60. The van der Waals surface area contributed by atoms with E-state index in [0.717, 1.165) is 24.6 Å². The highest BCUT2D eigenvalue weighted by Gasteiger charge is 2.39. The second kappa shape index (κ2) is 6.74. The molecule has 0 atom stereocenters. The summed E-state index contributed by atoms with van der Waals surface area (Å²) in [6.07, 6.45) is 0.894. The van der Waals surface area contributed by atoms with E-state index in [1.807, 2.05) is 18.2 Å². The van der Waals surface area contributed by atoms with Crippen molar-refractivity contribution in [2.24, 2.45) is 5.92 Å². The Balaban J connectivity index is 0.000000155. The van der Waals surface area contributed by atoms with Crippen LogP contribution in [0.5, 0.6) is 0 Å². The van der Waals surface area contributed by atoms with Crippen LogP contribution in [0.2, 0.25) is 0 Å². The predicted octanol–water partition coefficient (Wildman–Crippen LogP) is 4.05. The molecule has 0 aliphatic heterocycles. The first-order valence-electron chi connectivity index (χ1n) is 6.97. The Morgan fingerprint density at radius 2 is 1.76 bits per heavy atom. The number of nitrogens with zero attached hydrogens (tertiary/aromatic N) is 1. The molecule has 1 saturated carbocycles. The zero-order valence-corrected chi connectivity index (χ0v) is 11.5. The molecule has 3 nitrogen and oxygen atoms in total. The predicted molar refractivity (Wildman–Crippen MR) is 75.0 cm³/mol. The number of benzene rings is 1. The number of hydrogen-bond acceptors (Lipinski definition) is 2. The summed E-state index contributed by atoms with van der Waals surface area (Å²) in [5.41, 5.74) is -0.136. The number of nitrogens with one attached hydrogen (secondary N) is 1. The number of alkyl halides is 3. The number of H-pyrrole nitrogens is 1. The van der Waals surface area contributed by atoms with Gasteiger partial charge in [-0.2, -0.15) is 18.3 Å². The second-order valence-corrected chi connectivity index (χ2v) is 5.16. The molecule has 114 valence electrons. The van der Waals surface area contributed by atoms with E-state index >= 15 is 0 Å². The smallest absolute Gasteiger partial charge is 0.267 e. The Kier molecular flexibility index (Phi) is 4.98. The van der Waals surface area contributed by atoms with Gasteiger partial charge in [-0.3, -0.25) is 4.79 Å². The highest BCUT2D eigenvalue weighted by Crippen LogP contribution is 2.37. The quantitative estimate of drug-likeness (QED) is 0.797. The number of aromatic amines is 1. The van der Waals surface area contributed by atoms with Gasteiger partial charge < -0.3 is 0 Å². The molecular weight excluding hydrogens is 281 g/mol. The average molecular weight is 298 g/mol. The van der Waals surface area contributed by atoms with Gasteiger partial charge in [0, 0.05) is 10.8 Å². The Morgan fingerprint density at radius 3 is 2.33 bits per heavy atom. The molecule has 0 saturated heterocycles. The number of hydrogen-bond donors (Lipinski definition) is 1. The van der Waals surface area contributed by atoms with Gasteiger partial charge in [-0.1, -0.05) is 37.5 Å². The minimum atomic E-state index is -3.93. The van der Waals surface area contributed by atoms with Crippen molar-refractivity contribution < 1.29 is 13.2 Å². The monoisotopic (exact) mass is 298 g/mol. The van der Waals surface area contributed by atoms with Crippen molar-refractivity contribution in [1.29, 1.82) is 0 Å². The largest absolute Gasteiger partial charge is 0.391 e. The first-order chi connectivity index (χ1) is 9.98. The Labute approximate surface area is 120 Å². The summed E-state index contributed by atoms with van der Waals surface area (Å²) in [5.74, 6) is -0.999. The summed E-state index contributed by atoms with van der Waals surface area (Å²) in [7, 11) is 0. The van der Waals surface area contributed by atoms with E-state index in [1.165, 1.54) is 0 Å². The summed E-state index contributed by atoms with van der Waals surface area (Å²) in [6, 6.07) is 7.34. The molecule has 1 heterocycles. The van der Waals surface area contributed by atoms with Gasteiger partial charge in [0.2, 0.25) is 0 Å². The van der Waals surface area contributed by atoms with Crippen LogP contribution in [0.15, 0.2) is 35.3 Å². The highest BCUT2D eigenvalue weighted by molar-refractivity contribution is 5.80. The summed E-state index contributed by atoms with van der Waals surface area (Å²) in [6.45, 7) is 0. The van der Waals surface area contributed by atoms with E-state index in [4.69, 9.17) is 0 Å². The molecule has 1 fully saturated rings. The van der Waals surface area contributed by atoms with Crippen molar-refractivity contribution >= 4 is 10.8 Å². The van der Waals surface area contributed by atoms with Gasteiger partial charge in [-0.05, 0) is 18.9 Å². The third kappa shape index (κ3) is 4.31. The van der Waals surface area contributed by atoms with Crippen LogP contribution in [-0.4, -0.2) is 16.4 Å². The van der Waals surface area contributed by atoms with E-state index in [1.54, 1.807) is 12.3 Å². The van der Waals surface area contributed by atoms with Gasteiger partial charge in [0.15, 0.2) is 0 Å². The maximum absolute atomic E-state index is 11.9. The number of aromatic nitrogens is 2. The van der Waals surface area contributed by atoms with E-state index in [-0.39, 0.29) is 5.56 Å².